The molecule has 0 aliphatic carbocycles. The molecule has 1 aliphatic heterocycles. The molecule has 3 N–H and O–H groups in total. The number of rotatable bonds is 4. The van der Waals surface area contributed by atoms with E-state index in [-0.39, 0.29) is 26.1 Å². The fraction of sp³-hybridized carbons (Fsp3) is 0.800. The second kappa shape index (κ2) is 5.83. The molecular weight excluding hydrogens is 228 g/mol. The zero-order valence-corrected chi connectivity index (χ0v) is 9.74. The Morgan fingerprint density at radius 1 is 1.47 bits per heavy atom. The minimum atomic E-state index is -1.12. The van der Waals surface area contributed by atoms with Crippen molar-refractivity contribution in [2.75, 3.05) is 26.2 Å². The van der Waals surface area contributed by atoms with Crippen molar-refractivity contribution in [2.45, 2.75) is 25.5 Å². The van der Waals surface area contributed by atoms with Crippen LogP contribution in [0.1, 0.15) is 13.3 Å². The Labute approximate surface area is 99.2 Å². The molecule has 0 aromatic rings. The minimum Gasteiger partial charge on any atom is -0.480 e. The van der Waals surface area contributed by atoms with Gasteiger partial charge in [0.2, 0.25) is 0 Å². The molecule has 0 bridgehead atoms. The number of β-amino-alcohol motifs (C(OH)–C–C–N with tert-alkyl or cyclic N) is 1. The van der Waals surface area contributed by atoms with E-state index in [4.69, 9.17) is 10.2 Å². The van der Waals surface area contributed by atoms with Crippen molar-refractivity contribution in [1.82, 2.24) is 9.80 Å². The summed E-state index contributed by atoms with van der Waals surface area (Å²) in [7, 11) is 0. The fourth-order valence-corrected chi connectivity index (χ4v) is 1.95. The standard InChI is InChI=1S/C10H18N2O5/c1-2-11(3-4-13)10(17)12-6-7(14)5-8(12)9(15)16/h7-8,13-14H,2-6H2,1H3,(H,15,16)/t7-,8-/m1/s1. The van der Waals surface area contributed by atoms with Crippen molar-refractivity contribution in [3.05, 3.63) is 0 Å². The van der Waals surface area contributed by atoms with Crippen molar-refractivity contribution in [3.63, 3.8) is 0 Å². The number of carboxylic acids is 1. The molecule has 0 spiro atoms. The van der Waals surface area contributed by atoms with Gasteiger partial charge in [0.1, 0.15) is 6.04 Å². The highest BCUT2D eigenvalue weighted by molar-refractivity contribution is 5.83. The Morgan fingerprint density at radius 3 is 2.59 bits per heavy atom. The summed E-state index contributed by atoms with van der Waals surface area (Å²) in [6, 6.07) is -1.43. The van der Waals surface area contributed by atoms with E-state index in [1.54, 1.807) is 6.92 Å². The second-order valence-electron chi connectivity index (χ2n) is 3.98. The van der Waals surface area contributed by atoms with E-state index in [9.17, 15) is 14.7 Å². The predicted molar refractivity (Wildman–Crippen MR) is 58.5 cm³/mol. The van der Waals surface area contributed by atoms with Crippen LogP contribution >= 0.6 is 0 Å². The maximum Gasteiger partial charge on any atom is 0.326 e. The summed E-state index contributed by atoms with van der Waals surface area (Å²) in [5.74, 6) is -1.12. The van der Waals surface area contributed by atoms with Gasteiger partial charge < -0.3 is 25.1 Å². The largest absolute Gasteiger partial charge is 0.480 e. The molecule has 0 unspecified atom stereocenters. The zero-order chi connectivity index (χ0) is 13.0. The molecule has 2 atom stereocenters. The average molecular weight is 246 g/mol. The maximum absolute atomic E-state index is 12.0. The van der Waals surface area contributed by atoms with Gasteiger partial charge in [-0.15, -0.1) is 0 Å². The van der Waals surface area contributed by atoms with E-state index >= 15 is 0 Å². The predicted octanol–water partition coefficient (Wildman–Crippen LogP) is -1.06. The molecule has 0 radical (unpaired) electrons. The lowest BCUT2D eigenvalue weighted by Gasteiger charge is -2.28. The second-order valence-corrected chi connectivity index (χ2v) is 3.98. The molecule has 17 heavy (non-hydrogen) atoms. The minimum absolute atomic E-state index is 0.0255. The molecule has 7 heteroatoms. The lowest BCUT2D eigenvalue weighted by atomic mass is 10.2. The smallest absolute Gasteiger partial charge is 0.326 e. The summed E-state index contributed by atoms with van der Waals surface area (Å²) in [4.78, 5) is 25.5. The Hall–Kier alpha value is -1.34. The van der Waals surface area contributed by atoms with Gasteiger partial charge in [0.05, 0.1) is 12.7 Å². The van der Waals surface area contributed by atoms with Crippen molar-refractivity contribution in [3.8, 4) is 0 Å². The van der Waals surface area contributed by atoms with Gasteiger partial charge in [-0.3, -0.25) is 0 Å². The molecule has 7 nitrogen and oxygen atoms in total. The number of nitrogens with zero attached hydrogens (tertiary/aromatic N) is 2. The summed E-state index contributed by atoms with van der Waals surface area (Å²) in [6.45, 7) is 2.15. The molecule has 98 valence electrons. The summed E-state index contributed by atoms with van der Waals surface area (Å²) in [5, 5.41) is 27.2. The Balaban J connectivity index is 2.75. The topological polar surface area (TPSA) is 101 Å². The third-order valence-corrected chi connectivity index (χ3v) is 2.83. The number of aliphatic hydroxyl groups excluding tert-OH is 2. The molecule has 2 amide bonds. The van der Waals surface area contributed by atoms with E-state index in [1.807, 2.05) is 0 Å². The van der Waals surface area contributed by atoms with Crippen LogP contribution in [0.25, 0.3) is 0 Å². The van der Waals surface area contributed by atoms with Crippen LogP contribution in [0.2, 0.25) is 0 Å². The molecule has 0 saturated carbocycles. The SMILES string of the molecule is CCN(CCO)C(=O)N1C[C@H](O)C[C@@H]1C(=O)O. The highest BCUT2D eigenvalue weighted by Crippen LogP contribution is 2.19. The number of hydrogen-bond donors (Lipinski definition) is 3. The van der Waals surface area contributed by atoms with Crippen molar-refractivity contribution >= 4 is 12.0 Å². The number of amides is 2. The molecule has 0 aromatic carbocycles. The van der Waals surface area contributed by atoms with E-state index in [0.717, 1.165) is 4.90 Å². The van der Waals surface area contributed by atoms with Crippen molar-refractivity contribution in [1.29, 1.82) is 0 Å². The number of carboxylic acid groups (broad SMARTS) is 1. The normalized spacial score (nSPS) is 23.8. The number of aliphatic carboxylic acids is 1. The molecule has 1 saturated heterocycles. The highest BCUT2D eigenvalue weighted by Gasteiger charge is 2.40. The molecule has 1 fully saturated rings. The molecule has 1 aliphatic rings. The van der Waals surface area contributed by atoms with Crippen LogP contribution in [-0.2, 0) is 4.79 Å². The maximum atomic E-state index is 12.0. The van der Waals surface area contributed by atoms with Gasteiger partial charge in [0.25, 0.3) is 0 Å². The molecule has 1 rings (SSSR count). The summed E-state index contributed by atoms with van der Waals surface area (Å²) in [5.41, 5.74) is 0. The summed E-state index contributed by atoms with van der Waals surface area (Å²) < 4.78 is 0. The number of hydrogen-bond acceptors (Lipinski definition) is 4. The average Bonchev–Trinajstić information content (AvgIpc) is 2.67. The van der Waals surface area contributed by atoms with Crippen LogP contribution in [0.4, 0.5) is 4.79 Å². The van der Waals surface area contributed by atoms with Gasteiger partial charge in [-0.05, 0) is 6.92 Å². The van der Waals surface area contributed by atoms with E-state index in [2.05, 4.69) is 0 Å². The van der Waals surface area contributed by atoms with Crippen LogP contribution in [0.15, 0.2) is 0 Å². The van der Waals surface area contributed by atoms with Crippen LogP contribution in [0.5, 0.6) is 0 Å². The monoisotopic (exact) mass is 246 g/mol. The van der Waals surface area contributed by atoms with E-state index in [1.165, 1.54) is 4.90 Å². The lowest BCUT2D eigenvalue weighted by Crippen LogP contribution is -2.48. The van der Waals surface area contributed by atoms with Crippen LogP contribution in [0, 0.1) is 0 Å². The van der Waals surface area contributed by atoms with Crippen LogP contribution in [0.3, 0.4) is 0 Å². The molecular formula is C10H18N2O5. The quantitative estimate of drug-likeness (QED) is 0.587. The lowest BCUT2D eigenvalue weighted by molar-refractivity contribution is -0.141. The summed E-state index contributed by atoms with van der Waals surface area (Å²) in [6.07, 6.45) is -0.745. The van der Waals surface area contributed by atoms with Gasteiger partial charge in [0.15, 0.2) is 0 Å². The van der Waals surface area contributed by atoms with E-state index in [0.29, 0.717) is 6.54 Å². The Morgan fingerprint density at radius 2 is 2.12 bits per heavy atom. The number of likely N-dealkylation sites (N-methyl/N-ethyl adjacent to an activating group) is 1. The fourth-order valence-electron chi connectivity index (χ4n) is 1.95. The third kappa shape index (κ3) is 3.07. The molecule has 1 heterocycles. The first-order valence-electron chi connectivity index (χ1n) is 5.58. The van der Waals surface area contributed by atoms with Gasteiger partial charge in [0, 0.05) is 26.1 Å². The van der Waals surface area contributed by atoms with Gasteiger partial charge in [-0.2, -0.15) is 0 Å². The Bertz CT molecular complexity index is 296. The third-order valence-electron chi connectivity index (χ3n) is 2.83. The first-order valence-corrected chi connectivity index (χ1v) is 5.58. The number of urea groups is 1. The van der Waals surface area contributed by atoms with Crippen LogP contribution < -0.4 is 0 Å². The number of carbonyl (C=O) groups excluding carboxylic acids is 1. The van der Waals surface area contributed by atoms with Gasteiger partial charge in [-0.25, -0.2) is 9.59 Å². The first kappa shape index (κ1) is 13.7. The number of aliphatic hydroxyl groups is 2. The highest BCUT2D eigenvalue weighted by atomic mass is 16.4. The number of likely N-dealkylation sites (tertiary alicyclic amines) is 1. The molecule has 0 aromatic heterocycles. The van der Waals surface area contributed by atoms with Crippen molar-refractivity contribution in [2.24, 2.45) is 0 Å². The zero-order valence-electron chi connectivity index (χ0n) is 9.74. The van der Waals surface area contributed by atoms with Gasteiger partial charge in [-0.1, -0.05) is 0 Å². The van der Waals surface area contributed by atoms with Gasteiger partial charge >= 0.3 is 12.0 Å². The first-order chi connectivity index (χ1) is 8.01. The Kier molecular flexibility index (Phi) is 4.71. The number of carbonyl (C=O) groups is 2. The summed E-state index contributed by atoms with van der Waals surface area (Å²) >= 11 is 0. The van der Waals surface area contributed by atoms with E-state index < -0.39 is 24.1 Å². The van der Waals surface area contributed by atoms with Crippen LogP contribution in [-0.4, -0.2) is 75.5 Å². The van der Waals surface area contributed by atoms with Crippen molar-refractivity contribution < 1.29 is 24.9 Å².